The molecule has 2 N–H and O–H groups in total. The number of thiocarbonyl (C=S) groups is 1. The Morgan fingerprint density at radius 2 is 2.14 bits per heavy atom. The van der Waals surface area contributed by atoms with Crippen LogP contribution in [-0.2, 0) is 6.42 Å². The third-order valence-corrected chi connectivity index (χ3v) is 3.47. The Kier molecular flexibility index (Phi) is 6.15. The smallest absolute Gasteiger partial charge is 0.171 e. The number of ether oxygens (including phenoxy) is 1. The van der Waals surface area contributed by atoms with Gasteiger partial charge in [0.05, 0.1) is 7.11 Å². The van der Waals surface area contributed by atoms with E-state index in [-0.39, 0.29) is 0 Å². The summed E-state index contributed by atoms with van der Waals surface area (Å²) in [5.74, 6) is 1.67. The summed E-state index contributed by atoms with van der Waals surface area (Å²) in [4.78, 5) is 4.22. The number of hydrogen-bond donors (Lipinski definition) is 2. The molecule has 2 aromatic rings. The van der Waals surface area contributed by atoms with Crippen LogP contribution < -0.4 is 15.4 Å². The Balaban J connectivity index is 1.70. The van der Waals surface area contributed by atoms with Crippen molar-refractivity contribution in [3.05, 3.63) is 53.7 Å². The molecule has 0 aliphatic heterocycles. The van der Waals surface area contributed by atoms with Crippen LogP contribution in [0.15, 0.2) is 42.6 Å². The highest BCUT2D eigenvalue weighted by Gasteiger charge is 2.00. The predicted octanol–water partition coefficient (Wildman–Crippen LogP) is 3.32. The van der Waals surface area contributed by atoms with E-state index in [2.05, 4.69) is 27.8 Å². The highest BCUT2D eigenvalue weighted by molar-refractivity contribution is 7.80. The van der Waals surface area contributed by atoms with Gasteiger partial charge in [0.15, 0.2) is 5.11 Å². The van der Waals surface area contributed by atoms with Crippen LogP contribution in [0, 0.1) is 6.92 Å². The molecule has 4 nitrogen and oxygen atoms in total. The van der Waals surface area contributed by atoms with Crippen molar-refractivity contribution >= 4 is 23.1 Å². The van der Waals surface area contributed by atoms with Crippen LogP contribution in [0.4, 0.5) is 5.82 Å². The van der Waals surface area contributed by atoms with E-state index in [0.717, 1.165) is 36.5 Å². The molecule has 5 heteroatoms. The second-order valence-electron chi connectivity index (χ2n) is 5.05. The van der Waals surface area contributed by atoms with E-state index in [4.69, 9.17) is 17.0 Å². The average Bonchev–Trinajstić information content (AvgIpc) is 2.52. The fourth-order valence-corrected chi connectivity index (χ4v) is 2.29. The third-order valence-electron chi connectivity index (χ3n) is 3.22. The normalized spacial score (nSPS) is 10.1. The van der Waals surface area contributed by atoms with Crippen LogP contribution in [0.2, 0.25) is 0 Å². The summed E-state index contributed by atoms with van der Waals surface area (Å²) >= 11 is 5.27. The summed E-state index contributed by atoms with van der Waals surface area (Å²) in [5.41, 5.74) is 2.42. The monoisotopic (exact) mass is 315 g/mol. The maximum absolute atomic E-state index is 5.27. The Morgan fingerprint density at radius 3 is 2.91 bits per heavy atom. The van der Waals surface area contributed by atoms with Gasteiger partial charge in [0.2, 0.25) is 0 Å². The van der Waals surface area contributed by atoms with E-state index in [0.29, 0.717) is 5.11 Å². The lowest BCUT2D eigenvalue weighted by Crippen LogP contribution is -2.29. The van der Waals surface area contributed by atoms with Gasteiger partial charge in [-0.2, -0.15) is 0 Å². The van der Waals surface area contributed by atoms with E-state index in [1.54, 1.807) is 13.3 Å². The summed E-state index contributed by atoms with van der Waals surface area (Å²) in [6.07, 6.45) is 3.74. The lowest BCUT2D eigenvalue weighted by Gasteiger charge is -2.10. The summed E-state index contributed by atoms with van der Waals surface area (Å²) in [6.45, 7) is 2.84. The Morgan fingerprint density at radius 1 is 1.27 bits per heavy atom. The first-order valence-corrected chi connectivity index (χ1v) is 7.68. The molecule has 0 radical (unpaired) electrons. The minimum atomic E-state index is 0.601. The van der Waals surface area contributed by atoms with E-state index in [9.17, 15) is 0 Å². The number of pyridine rings is 1. The Labute approximate surface area is 136 Å². The van der Waals surface area contributed by atoms with Crippen LogP contribution in [-0.4, -0.2) is 23.8 Å². The van der Waals surface area contributed by atoms with Gasteiger partial charge < -0.3 is 15.4 Å². The number of hydrogen-bond acceptors (Lipinski definition) is 3. The van der Waals surface area contributed by atoms with Gasteiger partial charge in [-0.25, -0.2) is 4.98 Å². The van der Waals surface area contributed by atoms with Crippen molar-refractivity contribution in [3.63, 3.8) is 0 Å². The quantitative estimate of drug-likeness (QED) is 0.632. The third kappa shape index (κ3) is 5.33. The molecule has 2 rings (SSSR count). The minimum absolute atomic E-state index is 0.601. The van der Waals surface area contributed by atoms with Gasteiger partial charge in [-0.1, -0.05) is 12.1 Å². The van der Waals surface area contributed by atoms with E-state index < -0.39 is 0 Å². The molecular formula is C17H21N3OS. The van der Waals surface area contributed by atoms with Gasteiger partial charge in [-0.15, -0.1) is 0 Å². The first-order valence-electron chi connectivity index (χ1n) is 7.28. The maximum Gasteiger partial charge on any atom is 0.171 e. The average molecular weight is 315 g/mol. The van der Waals surface area contributed by atoms with Crippen LogP contribution in [0.3, 0.4) is 0 Å². The highest BCUT2D eigenvalue weighted by atomic mass is 32.1. The number of anilines is 1. The van der Waals surface area contributed by atoms with Crippen LogP contribution in [0.25, 0.3) is 0 Å². The lowest BCUT2D eigenvalue weighted by atomic mass is 10.1. The molecule has 116 valence electrons. The van der Waals surface area contributed by atoms with Crippen molar-refractivity contribution in [3.8, 4) is 5.75 Å². The van der Waals surface area contributed by atoms with Crippen LogP contribution in [0.5, 0.6) is 5.75 Å². The molecule has 0 atom stereocenters. The zero-order chi connectivity index (χ0) is 15.8. The Hall–Kier alpha value is -2.14. The van der Waals surface area contributed by atoms with Crippen molar-refractivity contribution in [1.82, 2.24) is 10.3 Å². The predicted molar refractivity (Wildman–Crippen MR) is 94.5 cm³/mol. The highest BCUT2D eigenvalue weighted by Crippen LogP contribution is 2.13. The summed E-state index contributed by atoms with van der Waals surface area (Å²) in [7, 11) is 1.68. The molecule has 0 bridgehead atoms. The zero-order valence-corrected chi connectivity index (χ0v) is 13.7. The molecule has 0 saturated heterocycles. The van der Waals surface area contributed by atoms with Gasteiger partial charge in [-0.3, -0.25) is 0 Å². The van der Waals surface area contributed by atoms with Gasteiger partial charge in [0.1, 0.15) is 11.6 Å². The van der Waals surface area contributed by atoms with E-state index in [1.807, 2.05) is 31.2 Å². The zero-order valence-electron chi connectivity index (χ0n) is 12.9. The van der Waals surface area contributed by atoms with Crippen molar-refractivity contribution in [2.24, 2.45) is 0 Å². The number of aromatic nitrogens is 1. The number of nitrogens with zero attached hydrogens (tertiary/aromatic N) is 1. The van der Waals surface area contributed by atoms with Crippen molar-refractivity contribution in [2.45, 2.75) is 19.8 Å². The van der Waals surface area contributed by atoms with Crippen molar-refractivity contribution < 1.29 is 4.74 Å². The number of nitrogens with one attached hydrogen (secondary N) is 2. The first kappa shape index (κ1) is 16.2. The Bertz CT molecular complexity index is 631. The molecule has 0 aliphatic carbocycles. The van der Waals surface area contributed by atoms with Gasteiger partial charge in [0, 0.05) is 12.7 Å². The van der Waals surface area contributed by atoms with E-state index in [1.165, 1.54) is 5.56 Å². The number of aryl methyl sites for hydroxylation is 2. The minimum Gasteiger partial charge on any atom is -0.497 e. The topological polar surface area (TPSA) is 46.2 Å². The molecule has 0 saturated carbocycles. The summed E-state index contributed by atoms with van der Waals surface area (Å²) in [5, 5.41) is 6.89. The fraction of sp³-hybridized carbons (Fsp3) is 0.294. The standard InChI is InChI=1S/C17H21N3OS/c1-13-8-10-18-16(11-13)20-17(22)19-9-4-6-14-5-3-7-15(12-14)21-2/h3,5,7-8,10-12H,4,6,9H2,1-2H3,(H2,18,19,20,22). The van der Waals surface area contributed by atoms with Gasteiger partial charge >= 0.3 is 0 Å². The first-order chi connectivity index (χ1) is 10.7. The largest absolute Gasteiger partial charge is 0.497 e. The molecule has 0 spiro atoms. The second-order valence-corrected chi connectivity index (χ2v) is 5.46. The molecule has 1 aromatic carbocycles. The molecule has 1 heterocycles. The van der Waals surface area contributed by atoms with Crippen LogP contribution in [0.1, 0.15) is 17.5 Å². The number of rotatable bonds is 6. The molecular weight excluding hydrogens is 294 g/mol. The molecule has 0 unspecified atom stereocenters. The second kappa shape index (κ2) is 8.34. The molecule has 0 fully saturated rings. The van der Waals surface area contributed by atoms with Gasteiger partial charge in [0.25, 0.3) is 0 Å². The van der Waals surface area contributed by atoms with Crippen molar-refractivity contribution in [1.29, 1.82) is 0 Å². The lowest BCUT2D eigenvalue weighted by molar-refractivity contribution is 0.414. The van der Waals surface area contributed by atoms with Gasteiger partial charge in [-0.05, 0) is 67.4 Å². The molecule has 0 aliphatic rings. The SMILES string of the molecule is COc1cccc(CCCNC(=S)Nc2cc(C)ccn2)c1. The summed E-state index contributed by atoms with van der Waals surface area (Å²) < 4.78 is 5.22. The maximum atomic E-state index is 5.27. The van der Waals surface area contributed by atoms with E-state index >= 15 is 0 Å². The number of methoxy groups -OCH3 is 1. The summed E-state index contributed by atoms with van der Waals surface area (Å²) in [6, 6.07) is 12.1. The molecule has 22 heavy (non-hydrogen) atoms. The van der Waals surface area contributed by atoms with Crippen molar-refractivity contribution in [2.75, 3.05) is 19.0 Å². The van der Waals surface area contributed by atoms with Crippen LogP contribution >= 0.6 is 12.2 Å². The molecule has 1 aromatic heterocycles. The number of benzene rings is 1. The molecule has 0 amide bonds. The fourth-order valence-electron chi connectivity index (χ4n) is 2.09.